The van der Waals surface area contributed by atoms with Crippen molar-refractivity contribution >= 4 is 17.2 Å². The van der Waals surface area contributed by atoms with Crippen molar-refractivity contribution in [2.75, 3.05) is 26.7 Å². The number of piperidine rings is 1. The number of carbonyl (C=O) groups excluding carboxylic acids is 1. The summed E-state index contributed by atoms with van der Waals surface area (Å²) in [5, 5.41) is 5.84. The molecule has 1 aromatic heterocycles. The Kier molecular flexibility index (Phi) is 4.63. The molecular weight excluding hydrogens is 336 g/mol. The van der Waals surface area contributed by atoms with Crippen molar-refractivity contribution in [3.63, 3.8) is 0 Å². The van der Waals surface area contributed by atoms with Crippen molar-refractivity contribution in [3.8, 4) is 16.6 Å². The normalized spacial score (nSPS) is 24.8. The van der Waals surface area contributed by atoms with E-state index < -0.39 is 0 Å². The molecule has 2 aromatic rings. The SMILES string of the molecule is COc1csc(Oc2ccc(C(=O)N[C@@H]3C[C@@H]4CCN(C4)C3)cc2)c1. The van der Waals surface area contributed by atoms with E-state index in [4.69, 9.17) is 9.47 Å². The van der Waals surface area contributed by atoms with Gasteiger partial charge in [0.15, 0.2) is 5.06 Å². The lowest BCUT2D eigenvalue weighted by molar-refractivity contribution is 0.0909. The summed E-state index contributed by atoms with van der Waals surface area (Å²) in [7, 11) is 1.63. The molecule has 2 bridgehead atoms. The van der Waals surface area contributed by atoms with E-state index in [-0.39, 0.29) is 11.9 Å². The molecule has 3 atom stereocenters. The van der Waals surface area contributed by atoms with Crippen LogP contribution in [0.5, 0.6) is 16.6 Å². The maximum Gasteiger partial charge on any atom is 0.251 e. The third-order valence-corrected chi connectivity index (χ3v) is 5.71. The largest absolute Gasteiger partial charge is 0.496 e. The van der Waals surface area contributed by atoms with Crippen molar-refractivity contribution in [2.24, 2.45) is 5.92 Å². The Morgan fingerprint density at radius 2 is 2.08 bits per heavy atom. The summed E-state index contributed by atoms with van der Waals surface area (Å²) in [6, 6.07) is 9.39. The summed E-state index contributed by atoms with van der Waals surface area (Å²) in [6.45, 7) is 3.35. The number of benzene rings is 1. The van der Waals surface area contributed by atoms with Crippen LogP contribution >= 0.6 is 11.3 Å². The van der Waals surface area contributed by atoms with Crippen LogP contribution in [0.1, 0.15) is 23.2 Å². The molecule has 2 aliphatic rings. The number of nitrogens with one attached hydrogen (secondary N) is 1. The highest BCUT2D eigenvalue weighted by atomic mass is 32.1. The van der Waals surface area contributed by atoms with E-state index in [0.29, 0.717) is 11.3 Å². The molecule has 2 fully saturated rings. The zero-order chi connectivity index (χ0) is 17.2. The maximum atomic E-state index is 12.5. The molecule has 25 heavy (non-hydrogen) atoms. The molecule has 2 aliphatic heterocycles. The van der Waals surface area contributed by atoms with Crippen LogP contribution in [0.2, 0.25) is 0 Å². The van der Waals surface area contributed by atoms with Gasteiger partial charge in [-0.15, -0.1) is 11.3 Å². The molecule has 0 saturated carbocycles. The number of fused-ring (bicyclic) bond motifs is 2. The van der Waals surface area contributed by atoms with Crippen LogP contribution in [-0.4, -0.2) is 43.6 Å². The summed E-state index contributed by atoms with van der Waals surface area (Å²) < 4.78 is 10.9. The first-order chi connectivity index (χ1) is 12.2. The van der Waals surface area contributed by atoms with Gasteiger partial charge in [-0.25, -0.2) is 0 Å². The van der Waals surface area contributed by atoms with E-state index in [1.165, 1.54) is 30.8 Å². The van der Waals surface area contributed by atoms with E-state index in [9.17, 15) is 4.79 Å². The van der Waals surface area contributed by atoms with Crippen LogP contribution in [0.3, 0.4) is 0 Å². The van der Waals surface area contributed by atoms with Gasteiger partial charge in [0.25, 0.3) is 5.91 Å². The molecule has 0 radical (unpaired) electrons. The second kappa shape index (κ2) is 7.06. The minimum Gasteiger partial charge on any atom is -0.496 e. The maximum absolute atomic E-state index is 12.5. The molecule has 1 N–H and O–H groups in total. The number of hydrogen-bond donors (Lipinski definition) is 1. The van der Waals surface area contributed by atoms with Gasteiger partial charge in [-0.3, -0.25) is 4.79 Å². The molecule has 1 amide bonds. The third-order valence-electron chi connectivity index (χ3n) is 4.92. The number of hydrogen-bond acceptors (Lipinski definition) is 5. The van der Waals surface area contributed by atoms with Crippen LogP contribution < -0.4 is 14.8 Å². The Morgan fingerprint density at radius 3 is 2.80 bits per heavy atom. The van der Waals surface area contributed by atoms with Gasteiger partial charge in [0.05, 0.1) is 7.11 Å². The van der Waals surface area contributed by atoms with Gasteiger partial charge in [-0.2, -0.15) is 0 Å². The van der Waals surface area contributed by atoms with Gasteiger partial charge >= 0.3 is 0 Å². The average molecular weight is 358 g/mol. The van der Waals surface area contributed by atoms with Crippen molar-refractivity contribution < 1.29 is 14.3 Å². The third kappa shape index (κ3) is 3.80. The van der Waals surface area contributed by atoms with Crippen LogP contribution in [-0.2, 0) is 0 Å². The van der Waals surface area contributed by atoms with Crippen molar-refractivity contribution in [2.45, 2.75) is 18.9 Å². The highest BCUT2D eigenvalue weighted by molar-refractivity contribution is 7.12. The van der Waals surface area contributed by atoms with E-state index in [2.05, 4.69) is 10.2 Å². The highest BCUT2D eigenvalue weighted by Gasteiger charge is 2.32. The van der Waals surface area contributed by atoms with Crippen molar-refractivity contribution in [1.29, 1.82) is 0 Å². The average Bonchev–Trinajstić information content (AvgIpc) is 3.21. The standard InChI is InChI=1S/C19H22N2O3S/c1-23-17-9-18(25-12-17)24-16-4-2-14(3-5-16)19(22)20-15-8-13-6-7-21(10-13)11-15/h2-5,9,12-13,15H,6-8,10-11H2,1H3,(H,20,22)/t13-,15+/m0/s1. The monoisotopic (exact) mass is 358 g/mol. The van der Waals surface area contributed by atoms with Gasteiger partial charge < -0.3 is 19.7 Å². The second-order valence-corrected chi connectivity index (χ2v) is 7.63. The molecule has 3 heterocycles. The van der Waals surface area contributed by atoms with Crippen molar-refractivity contribution in [1.82, 2.24) is 10.2 Å². The predicted molar refractivity (Wildman–Crippen MR) is 97.8 cm³/mol. The summed E-state index contributed by atoms with van der Waals surface area (Å²) in [6.07, 6.45) is 2.37. The fraction of sp³-hybridized carbons (Fsp3) is 0.421. The minimum absolute atomic E-state index is 0.00292. The fourth-order valence-electron chi connectivity index (χ4n) is 3.68. The lowest BCUT2D eigenvalue weighted by Crippen LogP contribution is -2.46. The summed E-state index contributed by atoms with van der Waals surface area (Å²) in [4.78, 5) is 14.9. The lowest BCUT2D eigenvalue weighted by atomic mass is 9.96. The van der Waals surface area contributed by atoms with E-state index >= 15 is 0 Å². The molecule has 132 valence electrons. The van der Waals surface area contributed by atoms with Gasteiger partial charge in [-0.05, 0) is 49.6 Å². The van der Waals surface area contributed by atoms with Crippen LogP contribution in [0.15, 0.2) is 35.7 Å². The molecule has 0 spiro atoms. The van der Waals surface area contributed by atoms with E-state index in [1.54, 1.807) is 7.11 Å². The molecule has 1 unspecified atom stereocenters. The fourth-order valence-corrected chi connectivity index (χ4v) is 4.41. The highest BCUT2D eigenvalue weighted by Crippen LogP contribution is 2.32. The first-order valence-electron chi connectivity index (χ1n) is 8.63. The molecule has 2 saturated heterocycles. The number of ether oxygens (including phenoxy) is 2. The molecule has 0 aliphatic carbocycles. The van der Waals surface area contributed by atoms with Crippen LogP contribution in [0, 0.1) is 5.92 Å². The quantitative estimate of drug-likeness (QED) is 0.890. The Bertz CT molecular complexity index is 731. The van der Waals surface area contributed by atoms with E-state index in [0.717, 1.165) is 29.7 Å². The Labute approximate surface area is 151 Å². The summed E-state index contributed by atoms with van der Waals surface area (Å²) in [5.41, 5.74) is 0.670. The topological polar surface area (TPSA) is 50.8 Å². The minimum atomic E-state index is -0.00292. The first-order valence-corrected chi connectivity index (χ1v) is 9.51. The predicted octanol–water partition coefficient (Wildman–Crippen LogP) is 3.37. The number of amides is 1. The molecular formula is C19H22N2O3S. The molecule has 5 nitrogen and oxygen atoms in total. The zero-order valence-corrected chi connectivity index (χ0v) is 15.1. The Balaban J connectivity index is 1.35. The van der Waals surface area contributed by atoms with Gasteiger partial charge in [-0.1, -0.05) is 0 Å². The van der Waals surface area contributed by atoms with Gasteiger partial charge in [0, 0.05) is 36.1 Å². The van der Waals surface area contributed by atoms with Gasteiger partial charge in [0.1, 0.15) is 11.5 Å². The Morgan fingerprint density at radius 1 is 1.24 bits per heavy atom. The van der Waals surface area contributed by atoms with Gasteiger partial charge in [0.2, 0.25) is 0 Å². The zero-order valence-electron chi connectivity index (χ0n) is 14.2. The summed E-state index contributed by atoms with van der Waals surface area (Å²) in [5.74, 6) is 2.24. The molecule has 6 heteroatoms. The number of nitrogens with zero attached hydrogens (tertiary/aromatic N) is 1. The molecule has 4 rings (SSSR count). The van der Waals surface area contributed by atoms with Crippen LogP contribution in [0.4, 0.5) is 0 Å². The number of thiophene rings is 1. The number of rotatable bonds is 5. The van der Waals surface area contributed by atoms with Crippen molar-refractivity contribution in [3.05, 3.63) is 41.3 Å². The summed E-state index contributed by atoms with van der Waals surface area (Å²) >= 11 is 1.48. The first kappa shape index (κ1) is 16.4. The van der Waals surface area contributed by atoms with E-state index in [1.807, 2.05) is 35.7 Å². The smallest absolute Gasteiger partial charge is 0.251 e. The number of methoxy groups -OCH3 is 1. The lowest BCUT2D eigenvalue weighted by Gasteiger charge is -2.30. The second-order valence-electron chi connectivity index (χ2n) is 6.75. The van der Waals surface area contributed by atoms with Crippen LogP contribution in [0.25, 0.3) is 0 Å². The Hall–Kier alpha value is -2.05. The number of carbonyl (C=O) groups is 1. The molecule has 1 aromatic carbocycles.